The van der Waals surface area contributed by atoms with Crippen molar-refractivity contribution in [3.05, 3.63) is 24.3 Å². The quantitative estimate of drug-likeness (QED) is 0.362. The second kappa shape index (κ2) is 11.3. The fourth-order valence-corrected chi connectivity index (χ4v) is 3.39. The van der Waals surface area contributed by atoms with Crippen LogP contribution in [0.5, 0.6) is 0 Å². The lowest BCUT2D eigenvalue weighted by molar-refractivity contribution is -0.137. The van der Waals surface area contributed by atoms with Gasteiger partial charge in [-0.25, -0.2) is 0 Å². The maximum absolute atomic E-state index is 12.2. The molecule has 148 valence electrons. The first-order valence-corrected chi connectivity index (χ1v) is 9.76. The predicted octanol–water partition coefficient (Wildman–Crippen LogP) is 3.64. The van der Waals surface area contributed by atoms with Crippen LogP contribution in [-0.4, -0.2) is 38.8 Å². The minimum Gasteiger partial charge on any atom is -0.481 e. The molecule has 0 aromatic heterocycles. The third kappa shape index (κ3) is 8.28. The van der Waals surface area contributed by atoms with E-state index in [1.807, 2.05) is 18.2 Å². The molecule has 0 saturated heterocycles. The fourth-order valence-electron chi connectivity index (χ4n) is 3.39. The number of carboxylic acid groups (broad SMARTS) is 1. The molecule has 1 unspecified atom stereocenters. The minimum atomic E-state index is -0.919. The minimum absolute atomic E-state index is 0.0490. The Morgan fingerprint density at radius 1 is 1.27 bits per heavy atom. The number of rotatable bonds is 12. The summed E-state index contributed by atoms with van der Waals surface area (Å²) in [5.41, 5.74) is -0.919. The summed E-state index contributed by atoms with van der Waals surface area (Å²) >= 11 is 0. The predicted molar refractivity (Wildman–Crippen MR) is 102 cm³/mol. The molecule has 0 heterocycles. The molecule has 0 aliphatic heterocycles. The van der Waals surface area contributed by atoms with Crippen molar-refractivity contribution in [3.8, 4) is 0 Å². The molecule has 0 bridgehead atoms. The summed E-state index contributed by atoms with van der Waals surface area (Å²) in [5.74, 6) is -1.30. The zero-order valence-corrected chi connectivity index (χ0v) is 16.1. The number of hydrogen-bond donors (Lipinski definition) is 3. The van der Waals surface area contributed by atoms with E-state index in [0.29, 0.717) is 25.7 Å². The monoisotopic (exact) mass is 366 g/mol. The van der Waals surface area contributed by atoms with Gasteiger partial charge in [-0.15, -0.1) is 0 Å². The average Bonchev–Trinajstić information content (AvgIpc) is 2.82. The summed E-state index contributed by atoms with van der Waals surface area (Å²) in [7, 11) is 0. The zero-order chi connectivity index (χ0) is 19.6. The van der Waals surface area contributed by atoms with Gasteiger partial charge in [0.2, 0.25) is 0 Å². The van der Waals surface area contributed by atoms with Gasteiger partial charge < -0.3 is 15.3 Å². The largest absolute Gasteiger partial charge is 0.481 e. The number of aliphatic hydroxyl groups is 2. The Balaban J connectivity index is 2.58. The third-order valence-electron chi connectivity index (χ3n) is 5.01. The molecule has 1 fully saturated rings. The molecule has 1 rings (SSSR count). The molecule has 1 aliphatic carbocycles. The van der Waals surface area contributed by atoms with E-state index in [-0.39, 0.29) is 30.5 Å². The number of carbonyl (C=O) groups is 2. The van der Waals surface area contributed by atoms with Crippen LogP contribution < -0.4 is 0 Å². The first-order chi connectivity index (χ1) is 12.3. The molecule has 0 aromatic carbocycles. The van der Waals surface area contributed by atoms with Crippen molar-refractivity contribution < 1.29 is 24.9 Å². The van der Waals surface area contributed by atoms with Crippen LogP contribution in [0.15, 0.2) is 24.3 Å². The number of aliphatic carboxylic acids is 1. The van der Waals surface area contributed by atoms with Crippen LogP contribution in [0.3, 0.4) is 0 Å². The molecular formula is C21H34O5. The van der Waals surface area contributed by atoms with Gasteiger partial charge in [-0.05, 0) is 32.6 Å². The van der Waals surface area contributed by atoms with E-state index in [0.717, 1.165) is 19.3 Å². The lowest BCUT2D eigenvalue weighted by Gasteiger charge is -2.21. The third-order valence-corrected chi connectivity index (χ3v) is 5.01. The molecule has 1 saturated carbocycles. The molecule has 0 amide bonds. The van der Waals surface area contributed by atoms with Crippen LogP contribution in [0.2, 0.25) is 0 Å². The molecule has 5 heteroatoms. The van der Waals surface area contributed by atoms with Crippen molar-refractivity contribution in [2.75, 3.05) is 0 Å². The van der Waals surface area contributed by atoms with Gasteiger partial charge in [-0.3, -0.25) is 9.59 Å². The van der Waals surface area contributed by atoms with E-state index in [1.54, 1.807) is 13.0 Å². The Hall–Kier alpha value is -1.46. The van der Waals surface area contributed by atoms with E-state index in [9.17, 15) is 19.8 Å². The Bertz CT molecular complexity index is 507. The first kappa shape index (κ1) is 22.6. The Morgan fingerprint density at radius 3 is 2.65 bits per heavy atom. The molecule has 1 aliphatic rings. The van der Waals surface area contributed by atoms with Gasteiger partial charge in [-0.2, -0.15) is 0 Å². The molecular weight excluding hydrogens is 332 g/mol. The second-order valence-electron chi connectivity index (χ2n) is 7.59. The van der Waals surface area contributed by atoms with Crippen LogP contribution >= 0.6 is 0 Å². The van der Waals surface area contributed by atoms with E-state index in [1.165, 1.54) is 0 Å². The van der Waals surface area contributed by atoms with Crippen molar-refractivity contribution in [2.45, 2.75) is 83.3 Å². The van der Waals surface area contributed by atoms with E-state index >= 15 is 0 Å². The van der Waals surface area contributed by atoms with Crippen molar-refractivity contribution in [2.24, 2.45) is 11.8 Å². The summed E-state index contributed by atoms with van der Waals surface area (Å²) in [4.78, 5) is 22.6. The molecule has 5 nitrogen and oxygen atoms in total. The maximum Gasteiger partial charge on any atom is 0.303 e. The van der Waals surface area contributed by atoms with Gasteiger partial charge >= 0.3 is 5.97 Å². The number of carbonyl (C=O) groups excluding carboxylic acids is 1. The fraction of sp³-hybridized carbons (Fsp3) is 0.714. The number of carboxylic acids is 1. The summed E-state index contributed by atoms with van der Waals surface area (Å²) in [5, 5.41) is 29.3. The average molecular weight is 366 g/mol. The first-order valence-electron chi connectivity index (χ1n) is 9.76. The van der Waals surface area contributed by atoms with Crippen LogP contribution in [0.1, 0.15) is 71.6 Å². The van der Waals surface area contributed by atoms with Crippen LogP contribution in [0.4, 0.5) is 0 Å². The van der Waals surface area contributed by atoms with Gasteiger partial charge in [0.25, 0.3) is 0 Å². The summed E-state index contributed by atoms with van der Waals surface area (Å²) in [6.07, 6.45) is 12.5. The number of aliphatic hydroxyl groups excluding tert-OH is 1. The molecule has 0 radical (unpaired) electrons. The SMILES string of the molecule is CCCCC[C@@](C)(O)/C=C/C1[C@H](O)CC(=O)[C@@H]1C/C=C\CCCC(=O)O. The zero-order valence-electron chi connectivity index (χ0n) is 16.1. The highest BCUT2D eigenvalue weighted by Crippen LogP contribution is 2.34. The normalized spacial score (nSPS) is 26.0. The summed E-state index contributed by atoms with van der Waals surface area (Å²) in [6.45, 7) is 3.88. The second-order valence-corrected chi connectivity index (χ2v) is 7.59. The van der Waals surface area contributed by atoms with Crippen molar-refractivity contribution in [3.63, 3.8) is 0 Å². The molecule has 0 aromatic rings. The van der Waals surface area contributed by atoms with Gasteiger partial charge in [0, 0.05) is 24.7 Å². The molecule has 0 spiro atoms. The lowest BCUT2D eigenvalue weighted by Crippen LogP contribution is -2.23. The van der Waals surface area contributed by atoms with E-state index < -0.39 is 17.7 Å². The Labute approximate surface area is 156 Å². The maximum atomic E-state index is 12.2. The van der Waals surface area contributed by atoms with Crippen molar-refractivity contribution in [1.29, 1.82) is 0 Å². The van der Waals surface area contributed by atoms with Gasteiger partial charge in [0.15, 0.2) is 0 Å². The number of allylic oxidation sites excluding steroid dienone is 2. The molecule has 4 atom stereocenters. The van der Waals surface area contributed by atoms with Crippen LogP contribution in [0, 0.1) is 11.8 Å². The standard InChI is InChI=1S/C21H34O5/c1-3-4-9-13-21(2,26)14-12-17-16(18(22)15-19(17)23)10-7-5-6-8-11-20(24)25/h5,7,12,14,16-17,19,23,26H,3-4,6,8-11,13,15H2,1-2H3,(H,24,25)/b7-5-,14-12+/t16-,17?,19-,21-/m1/s1. The van der Waals surface area contributed by atoms with Gasteiger partial charge in [0.1, 0.15) is 5.78 Å². The lowest BCUT2D eigenvalue weighted by atomic mass is 9.88. The topological polar surface area (TPSA) is 94.8 Å². The number of Topliss-reactive ketones (excluding diaryl/α,β-unsaturated/α-hetero) is 1. The smallest absolute Gasteiger partial charge is 0.303 e. The van der Waals surface area contributed by atoms with Gasteiger partial charge in [-0.1, -0.05) is 50.5 Å². The Morgan fingerprint density at radius 2 is 2.00 bits per heavy atom. The van der Waals surface area contributed by atoms with Crippen LogP contribution in [0.25, 0.3) is 0 Å². The van der Waals surface area contributed by atoms with Crippen LogP contribution in [-0.2, 0) is 9.59 Å². The van der Waals surface area contributed by atoms with Crippen molar-refractivity contribution in [1.82, 2.24) is 0 Å². The number of ketones is 1. The number of hydrogen-bond acceptors (Lipinski definition) is 4. The van der Waals surface area contributed by atoms with E-state index in [2.05, 4.69) is 6.92 Å². The van der Waals surface area contributed by atoms with Gasteiger partial charge in [0.05, 0.1) is 11.7 Å². The summed E-state index contributed by atoms with van der Waals surface area (Å²) in [6, 6.07) is 0. The molecule has 3 N–H and O–H groups in total. The molecule has 26 heavy (non-hydrogen) atoms. The van der Waals surface area contributed by atoms with Crippen molar-refractivity contribution >= 4 is 11.8 Å². The van der Waals surface area contributed by atoms with E-state index in [4.69, 9.17) is 5.11 Å². The highest BCUT2D eigenvalue weighted by atomic mass is 16.4. The Kier molecular flexibility index (Phi) is 9.81. The number of unbranched alkanes of at least 4 members (excludes halogenated alkanes) is 3. The highest BCUT2D eigenvalue weighted by molar-refractivity contribution is 5.84. The highest BCUT2D eigenvalue weighted by Gasteiger charge is 2.39. The summed E-state index contributed by atoms with van der Waals surface area (Å²) < 4.78 is 0.